The molecule has 2 aromatic rings. The minimum Gasteiger partial charge on any atom is -0.390 e. The third-order valence-electron chi connectivity index (χ3n) is 3.68. The van der Waals surface area contributed by atoms with Gasteiger partial charge < -0.3 is 20.3 Å². The second kappa shape index (κ2) is 9.41. The smallest absolute Gasteiger partial charge is 0.390 e. The van der Waals surface area contributed by atoms with E-state index in [1.54, 1.807) is 24.3 Å². The molecule has 1 aromatic heterocycles. The molecule has 10 nitrogen and oxygen atoms in total. The molecule has 0 aliphatic rings. The molecule has 144 valence electrons. The SMILES string of the molecule is CCCN(CCC)C(=O)c1ccc(NC(=O)Cn2cnc([N+](=O)[O-])n2)cc1. The van der Waals surface area contributed by atoms with Crippen LogP contribution < -0.4 is 5.32 Å². The molecule has 0 fully saturated rings. The highest BCUT2D eigenvalue weighted by molar-refractivity contribution is 5.95. The fraction of sp³-hybridized carbons (Fsp3) is 0.412. The van der Waals surface area contributed by atoms with Gasteiger partial charge in [-0.1, -0.05) is 18.8 Å². The lowest BCUT2D eigenvalue weighted by molar-refractivity contribution is -0.394. The molecule has 0 unspecified atom stereocenters. The molecule has 27 heavy (non-hydrogen) atoms. The van der Waals surface area contributed by atoms with Crippen LogP contribution in [0, 0.1) is 10.1 Å². The average Bonchev–Trinajstić information content (AvgIpc) is 3.10. The maximum atomic E-state index is 12.5. The summed E-state index contributed by atoms with van der Waals surface area (Å²) in [7, 11) is 0. The normalized spacial score (nSPS) is 10.4. The van der Waals surface area contributed by atoms with Crippen molar-refractivity contribution in [3.05, 3.63) is 46.3 Å². The molecule has 10 heteroatoms. The maximum absolute atomic E-state index is 12.5. The third-order valence-corrected chi connectivity index (χ3v) is 3.68. The summed E-state index contributed by atoms with van der Waals surface area (Å²) in [6.07, 6.45) is 2.90. The van der Waals surface area contributed by atoms with Crippen LogP contribution in [0.15, 0.2) is 30.6 Å². The van der Waals surface area contributed by atoms with Crippen molar-refractivity contribution in [2.45, 2.75) is 33.2 Å². The van der Waals surface area contributed by atoms with E-state index in [4.69, 9.17) is 0 Å². The van der Waals surface area contributed by atoms with Crippen LogP contribution in [-0.4, -0.2) is 49.5 Å². The summed E-state index contributed by atoms with van der Waals surface area (Å²) in [5.74, 6) is -1.01. The molecule has 0 bridgehead atoms. The van der Waals surface area contributed by atoms with E-state index >= 15 is 0 Å². The van der Waals surface area contributed by atoms with E-state index in [1.807, 2.05) is 18.7 Å². The van der Waals surface area contributed by atoms with Gasteiger partial charge in [0.15, 0.2) is 0 Å². The van der Waals surface area contributed by atoms with E-state index in [0.717, 1.165) is 23.9 Å². The Balaban J connectivity index is 1.96. The van der Waals surface area contributed by atoms with Crippen molar-refractivity contribution in [3.8, 4) is 0 Å². The lowest BCUT2D eigenvalue weighted by atomic mass is 10.1. The Bertz CT molecular complexity index is 796. The van der Waals surface area contributed by atoms with Crippen molar-refractivity contribution in [3.63, 3.8) is 0 Å². The van der Waals surface area contributed by atoms with Gasteiger partial charge in [0.25, 0.3) is 5.91 Å². The number of nitro groups is 1. The summed E-state index contributed by atoms with van der Waals surface area (Å²) >= 11 is 0. The van der Waals surface area contributed by atoms with Crippen LogP contribution in [0.2, 0.25) is 0 Å². The van der Waals surface area contributed by atoms with Crippen molar-refractivity contribution in [2.24, 2.45) is 0 Å². The van der Waals surface area contributed by atoms with Gasteiger partial charge in [-0.05, 0) is 42.0 Å². The van der Waals surface area contributed by atoms with Gasteiger partial charge in [0, 0.05) is 29.4 Å². The first kappa shape index (κ1) is 20.0. The van der Waals surface area contributed by atoms with Crippen molar-refractivity contribution >= 4 is 23.5 Å². The van der Waals surface area contributed by atoms with Crippen LogP contribution in [0.4, 0.5) is 11.6 Å². The van der Waals surface area contributed by atoms with E-state index in [1.165, 1.54) is 0 Å². The summed E-state index contributed by atoms with van der Waals surface area (Å²) in [6.45, 7) is 5.25. The quantitative estimate of drug-likeness (QED) is 0.529. The standard InChI is InChI=1S/C17H22N6O4/c1-3-9-21(10-4-2)16(25)13-5-7-14(8-6-13)19-15(24)11-22-12-18-17(20-22)23(26)27/h5-8,12H,3-4,9-11H2,1-2H3,(H,19,24). The summed E-state index contributed by atoms with van der Waals surface area (Å²) in [4.78, 5) is 39.6. The molecule has 1 aromatic carbocycles. The van der Waals surface area contributed by atoms with Crippen molar-refractivity contribution in [1.82, 2.24) is 19.7 Å². The van der Waals surface area contributed by atoms with Gasteiger partial charge in [-0.2, -0.15) is 4.68 Å². The number of nitrogens with zero attached hydrogens (tertiary/aromatic N) is 5. The maximum Gasteiger partial charge on any atom is 0.490 e. The van der Waals surface area contributed by atoms with Crippen molar-refractivity contribution in [2.75, 3.05) is 18.4 Å². The second-order valence-corrected chi connectivity index (χ2v) is 5.92. The highest BCUT2D eigenvalue weighted by atomic mass is 16.6. The van der Waals surface area contributed by atoms with Gasteiger partial charge in [-0.3, -0.25) is 9.59 Å². The molecule has 1 N–H and O–H groups in total. The van der Waals surface area contributed by atoms with E-state index in [2.05, 4.69) is 15.4 Å². The minimum absolute atomic E-state index is 0.0356. The number of amides is 2. The zero-order chi connectivity index (χ0) is 19.8. The first-order valence-corrected chi connectivity index (χ1v) is 8.67. The molecule has 0 aliphatic carbocycles. The van der Waals surface area contributed by atoms with Crippen LogP contribution in [-0.2, 0) is 11.3 Å². The predicted octanol–water partition coefficient (Wildman–Crippen LogP) is 2.09. The number of hydrogen-bond acceptors (Lipinski definition) is 6. The Hall–Kier alpha value is -3.30. The predicted molar refractivity (Wildman–Crippen MR) is 98.2 cm³/mol. The van der Waals surface area contributed by atoms with Gasteiger partial charge in [0.1, 0.15) is 6.54 Å². The first-order chi connectivity index (χ1) is 12.9. The monoisotopic (exact) mass is 374 g/mol. The van der Waals surface area contributed by atoms with Crippen LogP contribution >= 0.6 is 0 Å². The summed E-state index contributed by atoms with van der Waals surface area (Å²) in [5.41, 5.74) is 1.07. The summed E-state index contributed by atoms with van der Waals surface area (Å²) < 4.78 is 1.08. The number of nitrogens with one attached hydrogen (secondary N) is 1. The fourth-order valence-corrected chi connectivity index (χ4v) is 2.53. The number of aromatic nitrogens is 3. The highest BCUT2D eigenvalue weighted by Gasteiger charge is 2.16. The van der Waals surface area contributed by atoms with E-state index in [9.17, 15) is 19.7 Å². The molecule has 0 radical (unpaired) electrons. The molecule has 2 amide bonds. The van der Waals surface area contributed by atoms with Crippen LogP contribution in [0.5, 0.6) is 0 Å². The molecular formula is C17H22N6O4. The zero-order valence-electron chi connectivity index (χ0n) is 15.3. The van der Waals surface area contributed by atoms with Crippen LogP contribution in [0.1, 0.15) is 37.0 Å². The highest BCUT2D eigenvalue weighted by Crippen LogP contribution is 2.13. The number of benzene rings is 1. The van der Waals surface area contributed by atoms with Crippen molar-refractivity contribution in [1.29, 1.82) is 0 Å². The molecular weight excluding hydrogens is 352 g/mol. The van der Waals surface area contributed by atoms with Crippen LogP contribution in [0.25, 0.3) is 0 Å². The number of carbonyl (C=O) groups is 2. The summed E-state index contributed by atoms with van der Waals surface area (Å²) in [6, 6.07) is 6.61. The average molecular weight is 374 g/mol. The first-order valence-electron chi connectivity index (χ1n) is 8.67. The van der Waals surface area contributed by atoms with Gasteiger partial charge >= 0.3 is 5.95 Å². The Morgan fingerprint density at radius 2 is 1.81 bits per heavy atom. The third kappa shape index (κ3) is 5.59. The Kier molecular flexibility index (Phi) is 6.98. The number of hydrogen-bond donors (Lipinski definition) is 1. The Morgan fingerprint density at radius 3 is 2.33 bits per heavy atom. The number of anilines is 1. The Labute approximate surface area is 156 Å². The molecule has 0 saturated carbocycles. The van der Waals surface area contributed by atoms with E-state index in [0.29, 0.717) is 24.3 Å². The largest absolute Gasteiger partial charge is 0.490 e. The summed E-state index contributed by atoms with van der Waals surface area (Å²) in [5, 5.41) is 16.8. The zero-order valence-corrected chi connectivity index (χ0v) is 15.3. The lowest BCUT2D eigenvalue weighted by Crippen LogP contribution is -2.32. The molecule has 0 spiro atoms. The van der Waals surface area contributed by atoms with E-state index < -0.39 is 16.8 Å². The lowest BCUT2D eigenvalue weighted by Gasteiger charge is -2.21. The molecule has 0 saturated heterocycles. The van der Waals surface area contributed by atoms with Gasteiger partial charge in [0.2, 0.25) is 12.2 Å². The molecule has 1 heterocycles. The van der Waals surface area contributed by atoms with E-state index in [-0.39, 0.29) is 12.5 Å². The van der Waals surface area contributed by atoms with Crippen molar-refractivity contribution < 1.29 is 14.5 Å². The van der Waals surface area contributed by atoms with Gasteiger partial charge in [-0.15, -0.1) is 0 Å². The fourth-order valence-electron chi connectivity index (χ4n) is 2.53. The van der Waals surface area contributed by atoms with Gasteiger partial charge in [-0.25, -0.2) is 0 Å². The second-order valence-electron chi connectivity index (χ2n) is 5.92. The van der Waals surface area contributed by atoms with Gasteiger partial charge in [0.05, 0.1) is 0 Å². The topological polar surface area (TPSA) is 123 Å². The number of rotatable bonds is 9. The van der Waals surface area contributed by atoms with Crippen LogP contribution in [0.3, 0.4) is 0 Å². The number of carbonyl (C=O) groups excluding carboxylic acids is 2. The molecule has 0 aliphatic heterocycles. The molecule has 0 atom stereocenters. The molecule has 2 rings (SSSR count). The minimum atomic E-state index is -0.732. The Morgan fingerprint density at radius 1 is 1.19 bits per heavy atom.